The fourth-order valence-corrected chi connectivity index (χ4v) is 7.29. The summed E-state index contributed by atoms with van der Waals surface area (Å²) >= 11 is 0. The molecule has 0 aromatic heterocycles. The molecule has 0 unspecified atom stereocenters. The maximum atomic E-state index is 2.38. The summed E-state index contributed by atoms with van der Waals surface area (Å²) in [5, 5.41) is 2.34. The smallest absolute Gasteiger partial charge is 0.0541 e. The monoisotopic (exact) mass is 722 g/mol. The van der Waals surface area contributed by atoms with E-state index in [0.29, 0.717) is 0 Å². The summed E-state index contributed by atoms with van der Waals surface area (Å²) in [7, 11) is 0. The zero-order valence-electron chi connectivity index (χ0n) is 32.5. The van der Waals surface area contributed by atoms with E-state index < -0.39 is 0 Å². The van der Waals surface area contributed by atoms with Gasteiger partial charge in [0.05, 0.1) is 11.4 Å². The predicted molar refractivity (Wildman–Crippen MR) is 243 cm³/mol. The van der Waals surface area contributed by atoms with Crippen LogP contribution in [0.1, 0.15) is 44.5 Å². The Morgan fingerprint density at radius 1 is 0.304 bits per heavy atom. The van der Waals surface area contributed by atoms with Crippen molar-refractivity contribution in [3.8, 4) is 0 Å². The third-order valence-corrected chi connectivity index (χ3v) is 10.5. The van der Waals surface area contributed by atoms with E-state index in [4.69, 9.17) is 0 Å². The van der Waals surface area contributed by atoms with Crippen molar-refractivity contribution < 1.29 is 0 Å². The minimum atomic E-state index is 1.10. The van der Waals surface area contributed by atoms with Crippen molar-refractivity contribution in [3.05, 3.63) is 226 Å². The summed E-state index contributed by atoms with van der Waals surface area (Å²) in [6.07, 6.45) is 8.78. The molecule has 0 bridgehead atoms. The number of aryl methyl sites for hydroxylation is 4. The fraction of sp³-hybridized carbons (Fsp3) is 0.0741. The van der Waals surface area contributed by atoms with Crippen LogP contribution in [0.4, 0.5) is 34.1 Å². The lowest BCUT2D eigenvalue weighted by molar-refractivity contribution is 1.27. The Morgan fingerprint density at radius 2 is 0.625 bits per heavy atom. The van der Waals surface area contributed by atoms with Crippen molar-refractivity contribution in [2.75, 3.05) is 9.80 Å². The van der Waals surface area contributed by atoms with E-state index in [1.807, 2.05) is 0 Å². The minimum absolute atomic E-state index is 1.10. The van der Waals surface area contributed by atoms with E-state index in [1.165, 1.54) is 44.2 Å². The lowest BCUT2D eigenvalue weighted by atomic mass is 10.0. The summed E-state index contributed by atoms with van der Waals surface area (Å²) in [6.45, 7) is 8.58. The van der Waals surface area contributed by atoms with Crippen molar-refractivity contribution in [1.29, 1.82) is 0 Å². The summed E-state index contributed by atoms with van der Waals surface area (Å²) in [5.41, 5.74) is 16.5. The Morgan fingerprint density at radius 3 is 0.982 bits per heavy atom. The number of benzene rings is 8. The maximum Gasteiger partial charge on any atom is 0.0541 e. The molecule has 0 N–H and O–H groups in total. The summed E-state index contributed by atoms with van der Waals surface area (Å²) < 4.78 is 0. The van der Waals surface area contributed by atoms with E-state index in [-0.39, 0.29) is 0 Å². The zero-order chi connectivity index (χ0) is 38.4. The molecule has 0 aliphatic heterocycles. The first-order valence-corrected chi connectivity index (χ1v) is 19.3. The molecule has 0 radical (unpaired) electrons. The molecule has 56 heavy (non-hydrogen) atoms. The van der Waals surface area contributed by atoms with Crippen LogP contribution >= 0.6 is 0 Å². The molecule has 8 aromatic carbocycles. The molecule has 0 amide bonds. The Bertz CT molecular complexity index is 2460. The van der Waals surface area contributed by atoms with Crippen LogP contribution in [0.3, 0.4) is 0 Å². The van der Waals surface area contributed by atoms with Gasteiger partial charge in [-0.3, -0.25) is 0 Å². The SMILES string of the molecule is Cc1ccc(N(c2ccc(/C=C/c3ccccc3C)cc2)c2ccc(N(c3ccc(C)cc3)c3ccc(/C=C/c4ccccc4C)cc3)c3ccccc23)cc1. The second kappa shape index (κ2) is 16.2. The highest BCUT2D eigenvalue weighted by molar-refractivity contribution is 6.07. The molecule has 0 atom stereocenters. The molecule has 0 heterocycles. The Kier molecular flexibility index (Phi) is 10.5. The van der Waals surface area contributed by atoms with Crippen molar-refractivity contribution in [2.24, 2.45) is 0 Å². The molecule has 0 spiro atoms. The first kappa shape index (κ1) is 36.1. The first-order chi connectivity index (χ1) is 27.4. The van der Waals surface area contributed by atoms with Crippen molar-refractivity contribution >= 4 is 69.2 Å². The lowest BCUT2D eigenvalue weighted by Crippen LogP contribution is -2.13. The second-order valence-electron chi connectivity index (χ2n) is 14.6. The van der Waals surface area contributed by atoms with Crippen LogP contribution in [0.25, 0.3) is 35.1 Å². The average Bonchev–Trinajstić information content (AvgIpc) is 3.23. The summed E-state index contributed by atoms with van der Waals surface area (Å²) in [5.74, 6) is 0. The molecular formula is C54H46N2. The fourth-order valence-electron chi connectivity index (χ4n) is 7.29. The second-order valence-corrected chi connectivity index (χ2v) is 14.6. The molecule has 8 aromatic rings. The largest absolute Gasteiger partial charge is 0.310 e. The number of hydrogen-bond acceptors (Lipinski definition) is 2. The summed E-state index contributed by atoms with van der Waals surface area (Å²) in [6, 6.07) is 65.7. The highest BCUT2D eigenvalue weighted by Crippen LogP contribution is 2.45. The molecule has 0 fully saturated rings. The van der Waals surface area contributed by atoms with Crippen molar-refractivity contribution in [2.45, 2.75) is 27.7 Å². The number of fused-ring (bicyclic) bond motifs is 1. The number of rotatable bonds is 10. The molecule has 0 saturated heterocycles. The first-order valence-electron chi connectivity index (χ1n) is 19.3. The molecular weight excluding hydrogens is 677 g/mol. The van der Waals surface area contributed by atoms with Crippen LogP contribution in [0.2, 0.25) is 0 Å². The Labute approximate surface area is 332 Å². The van der Waals surface area contributed by atoms with Gasteiger partial charge in [-0.1, -0.05) is 157 Å². The van der Waals surface area contributed by atoms with Gasteiger partial charge in [0, 0.05) is 33.5 Å². The van der Waals surface area contributed by atoms with Gasteiger partial charge in [-0.15, -0.1) is 0 Å². The van der Waals surface area contributed by atoms with Gasteiger partial charge in [-0.25, -0.2) is 0 Å². The van der Waals surface area contributed by atoms with Gasteiger partial charge in [-0.05, 0) is 122 Å². The van der Waals surface area contributed by atoms with E-state index in [9.17, 15) is 0 Å². The normalized spacial score (nSPS) is 11.4. The van der Waals surface area contributed by atoms with Gasteiger partial charge in [0.1, 0.15) is 0 Å². The molecule has 272 valence electrons. The average molecular weight is 723 g/mol. The standard InChI is InChI=1S/C54H46N2/c1-39-17-29-47(30-18-39)55(49-33-23-43(24-34-49)21-27-45-13-7-5-11-41(45)3)53-37-38-54(52-16-10-9-15-51(52)53)56(48-31-19-40(2)20-32-48)50-35-25-44(26-36-50)22-28-46-14-8-6-12-42(46)4/h5-38H,1-4H3/b27-21+,28-22+. The van der Waals surface area contributed by atoms with Gasteiger partial charge < -0.3 is 9.80 Å². The molecule has 0 aliphatic carbocycles. The van der Waals surface area contributed by atoms with Crippen LogP contribution in [-0.4, -0.2) is 0 Å². The highest BCUT2D eigenvalue weighted by Gasteiger charge is 2.21. The van der Waals surface area contributed by atoms with E-state index in [2.05, 4.69) is 244 Å². The van der Waals surface area contributed by atoms with E-state index in [1.54, 1.807) is 0 Å². The van der Waals surface area contributed by atoms with Gasteiger partial charge >= 0.3 is 0 Å². The third kappa shape index (κ3) is 7.83. The molecule has 2 heteroatoms. The Hall–Kier alpha value is -6.90. The zero-order valence-corrected chi connectivity index (χ0v) is 32.5. The van der Waals surface area contributed by atoms with Gasteiger partial charge in [0.15, 0.2) is 0 Å². The van der Waals surface area contributed by atoms with Gasteiger partial charge in [0.2, 0.25) is 0 Å². The van der Waals surface area contributed by atoms with Crippen LogP contribution in [0.5, 0.6) is 0 Å². The van der Waals surface area contributed by atoms with E-state index in [0.717, 1.165) is 45.3 Å². The maximum absolute atomic E-state index is 2.38. The quantitative estimate of drug-likeness (QED) is 0.130. The number of anilines is 6. The predicted octanol–water partition coefficient (Wildman–Crippen LogP) is 15.4. The molecule has 0 aliphatic rings. The van der Waals surface area contributed by atoms with Crippen molar-refractivity contribution in [1.82, 2.24) is 0 Å². The molecule has 0 saturated carbocycles. The topological polar surface area (TPSA) is 6.48 Å². The van der Waals surface area contributed by atoms with Crippen LogP contribution in [-0.2, 0) is 0 Å². The molecule has 8 rings (SSSR count). The van der Waals surface area contributed by atoms with Crippen LogP contribution in [0.15, 0.2) is 182 Å². The Balaban J connectivity index is 1.21. The minimum Gasteiger partial charge on any atom is -0.310 e. The lowest BCUT2D eigenvalue weighted by Gasteiger charge is -2.30. The number of nitrogens with zero attached hydrogens (tertiary/aromatic N) is 2. The van der Waals surface area contributed by atoms with Gasteiger partial charge in [-0.2, -0.15) is 0 Å². The summed E-state index contributed by atoms with van der Waals surface area (Å²) in [4.78, 5) is 4.76. The molecule has 2 nitrogen and oxygen atoms in total. The van der Waals surface area contributed by atoms with Crippen molar-refractivity contribution in [3.63, 3.8) is 0 Å². The third-order valence-electron chi connectivity index (χ3n) is 10.5. The van der Waals surface area contributed by atoms with E-state index >= 15 is 0 Å². The van der Waals surface area contributed by atoms with Crippen LogP contribution in [0, 0.1) is 27.7 Å². The number of hydrogen-bond donors (Lipinski definition) is 0. The highest BCUT2D eigenvalue weighted by atomic mass is 15.2. The van der Waals surface area contributed by atoms with Crippen LogP contribution < -0.4 is 9.80 Å². The van der Waals surface area contributed by atoms with Gasteiger partial charge in [0.25, 0.3) is 0 Å².